The average Bonchev–Trinajstić information content (AvgIpc) is 2.46. The van der Waals surface area contributed by atoms with Crippen molar-refractivity contribution in [3.63, 3.8) is 0 Å². The minimum absolute atomic E-state index is 0.256. The lowest BCUT2D eigenvalue weighted by atomic mass is 10.0. The van der Waals surface area contributed by atoms with Crippen molar-refractivity contribution in [2.75, 3.05) is 11.5 Å². The molecule has 100 valence electrons. The zero-order valence-corrected chi connectivity index (χ0v) is 12.5. The first-order chi connectivity index (χ1) is 9.27. The van der Waals surface area contributed by atoms with Crippen LogP contribution in [0.5, 0.6) is 0 Å². The monoisotopic (exact) mass is 291 g/mol. The van der Waals surface area contributed by atoms with Crippen LogP contribution in [0.3, 0.4) is 0 Å². The Bertz CT molecular complexity index is 570. The number of nitrogens with zero attached hydrogens (tertiary/aromatic N) is 1. The highest BCUT2D eigenvalue weighted by Gasteiger charge is 2.31. The van der Waals surface area contributed by atoms with Crippen LogP contribution in [-0.4, -0.2) is 32.1 Å². The van der Waals surface area contributed by atoms with Gasteiger partial charge >= 0.3 is 0 Å². The minimum atomic E-state index is -0.439. The number of fused-ring (bicyclic) bond motifs is 1. The molecule has 0 amide bonds. The van der Waals surface area contributed by atoms with E-state index in [-0.39, 0.29) is 5.25 Å². The van der Waals surface area contributed by atoms with Crippen LogP contribution in [0.15, 0.2) is 36.7 Å². The predicted molar refractivity (Wildman–Crippen MR) is 84.9 cm³/mol. The molecule has 0 spiro atoms. The molecular weight excluding hydrogens is 274 g/mol. The van der Waals surface area contributed by atoms with E-state index in [0.717, 1.165) is 22.1 Å². The summed E-state index contributed by atoms with van der Waals surface area (Å²) in [4.78, 5) is 4.28. The van der Waals surface area contributed by atoms with Crippen LogP contribution in [0.25, 0.3) is 10.8 Å². The van der Waals surface area contributed by atoms with Crippen LogP contribution < -0.4 is 0 Å². The minimum Gasteiger partial charge on any atom is -0.387 e. The topological polar surface area (TPSA) is 33.1 Å². The van der Waals surface area contributed by atoms with Gasteiger partial charge in [-0.05, 0) is 5.39 Å². The summed E-state index contributed by atoms with van der Waals surface area (Å²) >= 11 is 3.84. The molecule has 4 heteroatoms. The van der Waals surface area contributed by atoms with E-state index in [9.17, 15) is 5.11 Å². The molecule has 1 aromatic carbocycles. The van der Waals surface area contributed by atoms with Crippen molar-refractivity contribution in [2.24, 2.45) is 0 Å². The molecule has 2 nitrogen and oxygen atoms in total. The molecule has 1 aliphatic heterocycles. The largest absolute Gasteiger partial charge is 0.387 e. The SMILES string of the molecule is CC1SCCSC1C(O)c1cncc2ccccc12. The van der Waals surface area contributed by atoms with Crippen molar-refractivity contribution in [3.8, 4) is 0 Å². The fraction of sp³-hybridized carbons (Fsp3) is 0.400. The van der Waals surface area contributed by atoms with E-state index in [1.807, 2.05) is 54.1 Å². The number of aromatic nitrogens is 1. The fourth-order valence-electron chi connectivity index (χ4n) is 2.55. The van der Waals surface area contributed by atoms with Crippen LogP contribution in [-0.2, 0) is 0 Å². The Balaban J connectivity index is 1.99. The summed E-state index contributed by atoms with van der Waals surface area (Å²) < 4.78 is 0. The molecule has 3 rings (SSSR count). The zero-order valence-electron chi connectivity index (χ0n) is 10.8. The van der Waals surface area contributed by atoms with Crippen molar-refractivity contribution in [3.05, 3.63) is 42.2 Å². The van der Waals surface area contributed by atoms with Crippen LogP contribution in [0.1, 0.15) is 18.6 Å². The highest BCUT2D eigenvalue weighted by Crippen LogP contribution is 2.39. The smallest absolute Gasteiger partial charge is 0.0940 e. The maximum atomic E-state index is 10.7. The standard InChI is InChI=1S/C15H17NOS2/c1-10-15(19-7-6-18-10)14(17)13-9-16-8-11-4-2-3-5-12(11)13/h2-5,8-10,14-15,17H,6-7H2,1H3. The third-order valence-corrected chi connectivity index (χ3v) is 6.75. The summed E-state index contributed by atoms with van der Waals surface area (Å²) in [7, 11) is 0. The first-order valence-electron chi connectivity index (χ1n) is 6.51. The molecular formula is C15H17NOS2. The number of hydrogen-bond donors (Lipinski definition) is 1. The lowest BCUT2D eigenvalue weighted by molar-refractivity contribution is 0.175. The average molecular weight is 291 g/mol. The lowest BCUT2D eigenvalue weighted by Crippen LogP contribution is -2.29. The first kappa shape index (κ1) is 13.3. The van der Waals surface area contributed by atoms with Gasteiger partial charge in [-0.3, -0.25) is 4.98 Å². The Morgan fingerprint density at radius 3 is 2.84 bits per heavy atom. The summed E-state index contributed by atoms with van der Waals surface area (Å²) in [5.41, 5.74) is 0.963. The normalized spacial score (nSPS) is 25.4. The van der Waals surface area contributed by atoms with Gasteiger partial charge in [-0.25, -0.2) is 0 Å². The van der Waals surface area contributed by atoms with Gasteiger partial charge in [-0.15, -0.1) is 0 Å². The summed E-state index contributed by atoms with van der Waals surface area (Å²) in [5.74, 6) is 2.30. The Labute approximate surface area is 122 Å². The molecule has 0 radical (unpaired) electrons. The van der Waals surface area contributed by atoms with Gasteiger partial charge in [-0.2, -0.15) is 23.5 Å². The van der Waals surface area contributed by atoms with Crippen LogP contribution in [0.4, 0.5) is 0 Å². The highest BCUT2D eigenvalue weighted by molar-refractivity contribution is 8.07. The summed E-state index contributed by atoms with van der Waals surface area (Å²) in [6, 6.07) is 8.14. The number of aliphatic hydroxyl groups is 1. The van der Waals surface area contributed by atoms with Gasteiger partial charge in [0.25, 0.3) is 0 Å². The summed E-state index contributed by atoms with van der Waals surface area (Å²) in [6.45, 7) is 2.21. The Morgan fingerprint density at radius 2 is 2.00 bits per heavy atom. The molecule has 1 aromatic heterocycles. The van der Waals surface area contributed by atoms with E-state index < -0.39 is 6.10 Å². The van der Waals surface area contributed by atoms with Crippen LogP contribution in [0.2, 0.25) is 0 Å². The Kier molecular flexibility index (Phi) is 4.01. The van der Waals surface area contributed by atoms with E-state index in [0.29, 0.717) is 5.25 Å². The van der Waals surface area contributed by atoms with E-state index >= 15 is 0 Å². The third kappa shape index (κ3) is 2.62. The molecule has 0 saturated carbocycles. The lowest BCUT2D eigenvalue weighted by Gasteiger charge is -2.32. The molecule has 3 unspecified atom stereocenters. The Hall–Kier alpha value is -0.710. The number of hydrogen-bond acceptors (Lipinski definition) is 4. The second-order valence-corrected chi connectivity index (χ2v) is 7.58. The van der Waals surface area contributed by atoms with E-state index in [4.69, 9.17) is 0 Å². The maximum absolute atomic E-state index is 10.7. The van der Waals surface area contributed by atoms with Gasteiger partial charge in [-0.1, -0.05) is 31.2 Å². The van der Waals surface area contributed by atoms with Gasteiger partial charge in [0.05, 0.1) is 6.10 Å². The number of aliphatic hydroxyl groups excluding tert-OH is 1. The van der Waals surface area contributed by atoms with Gasteiger partial charge in [0, 0.05) is 45.3 Å². The number of rotatable bonds is 2. The van der Waals surface area contributed by atoms with Crippen molar-refractivity contribution in [2.45, 2.75) is 23.5 Å². The fourth-order valence-corrected chi connectivity index (χ4v) is 5.37. The molecule has 19 heavy (non-hydrogen) atoms. The molecule has 1 fully saturated rings. The molecule has 1 aliphatic rings. The van der Waals surface area contributed by atoms with Crippen molar-refractivity contribution < 1.29 is 5.11 Å². The van der Waals surface area contributed by atoms with Gasteiger partial charge < -0.3 is 5.11 Å². The first-order valence-corrected chi connectivity index (χ1v) is 8.61. The van der Waals surface area contributed by atoms with Crippen molar-refractivity contribution in [1.82, 2.24) is 4.98 Å². The summed E-state index contributed by atoms with van der Waals surface area (Å²) in [6.07, 6.45) is 3.24. The maximum Gasteiger partial charge on any atom is 0.0940 e. The van der Waals surface area contributed by atoms with Gasteiger partial charge in [0.1, 0.15) is 0 Å². The van der Waals surface area contributed by atoms with Crippen LogP contribution in [0, 0.1) is 0 Å². The molecule has 2 aromatic rings. The number of thioether (sulfide) groups is 2. The summed E-state index contributed by atoms with van der Waals surface area (Å²) in [5, 5.41) is 13.7. The molecule has 0 bridgehead atoms. The Morgan fingerprint density at radius 1 is 1.21 bits per heavy atom. The number of pyridine rings is 1. The van der Waals surface area contributed by atoms with Crippen molar-refractivity contribution >= 4 is 34.3 Å². The number of benzene rings is 1. The van der Waals surface area contributed by atoms with Gasteiger partial charge in [0.15, 0.2) is 0 Å². The predicted octanol–water partition coefficient (Wildman–Crippen LogP) is 3.51. The molecule has 1 saturated heterocycles. The molecule has 0 aliphatic carbocycles. The third-order valence-electron chi connectivity index (χ3n) is 3.57. The van der Waals surface area contributed by atoms with E-state index in [2.05, 4.69) is 18.0 Å². The second kappa shape index (κ2) is 5.73. The quantitative estimate of drug-likeness (QED) is 0.918. The molecule has 1 N–H and O–H groups in total. The molecule has 3 atom stereocenters. The van der Waals surface area contributed by atoms with E-state index in [1.54, 1.807) is 0 Å². The zero-order chi connectivity index (χ0) is 13.2. The molecule has 2 heterocycles. The highest BCUT2D eigenvalue weighted by atomic mass is 32.2. The van der Waals surface area contributed by atoms with Gasteiger partial charge in [0.2, 0.25) is 0 Å². The van der Waals surface area contributed by atoms with E-state index in [1.165, 1.54) is 5.75 Å². The van der Waals surface area contributed by atoms with Crippen LogP contribution >= 0.6 is 23.5 Å². The van der Waals surface area contributed by atoms with Crippen molar-refractivity contribution in [1.29, 1.82) is 0 Å². The second-order valence-electron chi connectivity index (χ2n) is 4.81.